The van der Waals surface area contributed by atoms with Crippen LogP contribution in [0.5, 0.6) is 28.7 Å². The maximum atomic E-state index is 13.0. The number of ether oxygens (including phenoxy) is 3. The van der Waals surface area contributed by atoms with Crippen LogP contribution in [0.2, 0.25) is 0 Å². The fourth-order valence-electron chi connectivity index (χ4n) is 3.19. The summed E-state index contributed by atoms with van der Waals surface area (Å²) in [7, 11) is 0.432. The van der Waals surface area contributed by atoms with Crippen LogP contribution in [0.15, 0.2) is 59.5 Å². The number of carbonyl (C=O) groups excluding carboxylic acids is 1. The molecule has 0 saturated carbocycles. The average molecular weight is 455 g/mol. The molecular weight excluding hydrogens is 432 g/mol. The van der Waals surface area contributed by atoms with Crippen molar-refractivity contribution in [3.8, 4) is 28.7 Å². The van der Waals surface area contributed by atoms with Crippen LogP contribution in [-0.2, 0) is 10.0 Å². The second kappa shape index (κ2) is 8.18. The van der Waals surface area contributed by atoms with Gasteiger partial charge in [0, 0.05) is 20.2 Å². The number of benzene rings is 3. The van der Waals surface area contributed by atoms with Gasteiger partial charge in [-0.1, -0.05) is 6.07 Å². The van der Waals surface area contributed by atoms with E-state index in [0.29, 0.717) is 22.9 Å². The molecule has 0 spiro atoms. The molecule has 1 aliphatic heterocycles. The molecule has 0 saturated heterocycles. The van der Waals surface area contributed by atoms with E-state index in [1.165, 1.54) is 26.2 Å². The van der Waals surface area contributed by atoms with E-state index in [0.717, 1.165) is 9.87 Å². The predicted molar refractivity (Wildman–Crippen MR) is 120 cm³/mol. The molecule has 8 nitrogen and oxygen atoms in total. The van der Waals surface area contributed by atoms with Crippen molar-refractivity contribution in [1.82, 2.24) is 4.31 Å². The number of aryl methyl sites for hydroxylation is 1. The van der Waals surface area contributed by atoms with Crippen LogP contribution in [0.1, 0.15) is 15.9 Å². The second-order valence-corrected chi connectivity index (χ2v) is 9.54. The van der Waals surface area contributed by atoms with Gasteiger partial charge in [0.25, 0.3) is 5.91 Å². The first-order chi connectivity index (χ1) is 15.2. The van der Waals surface area contributed by atoms with Crippen molar-refractivity contribution in [2.75, 3.05) is 26.5 Å². The van der Waals surface area contributed by atoms with E-state index < -0.39 is 15.9 Å². The molecule has 0 atom stereocenters. The summed E-state index contributed by atoms with van der Waals surface area (Å²) < 4.78 is 44.2. The maximum absolute atomic E-state index is 13.0. The van der Waals surface area contributed by atoms with Crippen molar-refractivity contribution in [2.45, 2.75) is 11.8 Å². The molecule has 0 fully saturated rings. The number of nitrogens with zero attached hydrogens (tertiary/aromatic N) is 1. The third-order valence-electron chi connectivity index (χ3n) is 4.94. The molecule has 1 N–H and O–H groups in total. The van der Waals surface area contributed by atoms with Crippen LogP contribution in [0.4, 0.5) is 5.69 Å². The minimum Gasteiger partial charge on any atom is -0.497 e. The quantitative estimate of drug-likeness (QED) is 0.614. The molecule has 32 heavy (non-hydrogen) atoms. The molecule has 9 heteroatoms. The lowest BCUT2D eigenvalue weighted by Gasteiger charge is -2.18. The minimum absolute atomic E-state index is 0.0333. The Morgan fingerprint density at radius 1 is 0.938 bits per heavy atom. The van der Waals surface area contributed by atoms with Gasteiger partial charge in [-0.2, -0.15) is 0 Å². The van der Waals surface area contributed by atoms with Gasteiger partial charge in [0.2, 0.25) is 10.0 Å². The lowest BCUT2D eigenvalue weighted by Crippen LogP contribution is -2.23. The first kappa shape index (κ1) is 21.7. The van der Waals surface area contributed by atoms with Crippen LogP contribution in [0.25, 0.3) is 0 Å². The van der Waals surface area contributed by atoms with E-state index in [9.17, 15) is 13.2 Å². The SMILES string of the molecule is COc1ccc(Oc2cc3c(cc2S(=O)(=O)N(C)C)C(=O)Nc2cc(C)ccc2O3)cc1. The summed E-state index contributed by atoms with van der Waals surface area (Å²) in [5, 5.41) is 2.78. The highest BCUT2D eigenvalue weighted by Crippen LogP contribution is 2.42. The van der Waals surface area contributed by atoms with E-state index in [4.69, 9.17) is 14.2 Å². The molecule has 0 bridgehead atoms. The molecule has 3 aromatic rings. The Kier molecular flexibility index (Phi) is 5.53. The van der Waals surface area contributed by atoms with Gasteiger partial charge >= 0.3 is 0 Å². The molecule has 4 rings (SSSR count). The fraction of sp³-hybridized carbons (Fsp3) is 0.174. The summed E-state index contributed by atoms with van der Waals surface area (Å²) >= 11 is 0. The third kappa shape index (κ3) is 4.00. The van der Waals surface area contributed by atoms with Crippen LogP contribution in [-0.4, -0.2) is 39.8 Å². The summed E-state index contributed by atoms with van der Waals surface area (Å²) in [6.45, 7) is 1.90. The Labute approximate surface area is 186 Å². The number of sulfonamides is 1. The summed E-state index contributed by atoms with van der Waals surface area (Å²) in [4.78, 5) is 12.8. The molecule has 0 unspecified atom stereocenters. The Morgan fingerprint density at radius 3 is 2.28 bits per heavy atom. The minimum atomic E-state index is -3.94. The van der Waals surface area contributed by atoms with Crippen LogP contribution in [0, 0.1) is 6.92 Å². The number of hydrogen-bond acceptors (Lipinski definition) is 6. The molecule has 0 aromatic heterocycles. The van der Waals surface area contributed by atoms with Crippen molar-refractivity contribution in [2.24, 2.45) is 0 Å². The highest BCUT2D eigenvalue weighted by Gasteiger charge is 2.30. The summed E-state index contributed by atoms with van der Waals surface area (Å²) in [6.07, 6.45) is 0. The largest absolute Gasteiger partial charge is 0.497 e. The molecule has 1 heterocycles. The van der Waals surface area contributed by atoms with Gasteiger partial charge in [-0.25, -0.2) is 12.7 Å². The van der Waals surface area contributed by atoms with Crippen LogP contribution >= 0.6 is 0 Å². The third-order valence-corrected chi connectivity index (χ3v) is 6.78. The Balaban J connectivity index is 1.86. The lowest BCUT2D eigenvalue weighted by atomic mass is 10.1. The second-order valence-electron chi connectivity index (χ2n) is 7.42. The fourth-order valence-corrected chi connectivity index (χ4v) is 4.21. The predicted octanol–water partition coefficient (Wildman–Crippen LogP) is 4.40. The zero-order valence-corrected chi connectivity index (χ0v) is 18.8. The van der Waals surface area contributed by atoms with Crippen molar-refractivity contribution in [3.63, 3.8) is 0 Å². The van der Waals surface area contributed by atoms with Gasteiger partial charge in [0.1, 0.15) is 22.1 Å². The molecular formula is C23H22N2O6S. The Morgan fingerprint density at radius 2 is 1.62 bits per heavy atom. The van der Waals surface area contributed by atoms with Gasteiger partial charge in [-0.15, -0.1) is 0 Å². The topological polar surface area (TPSA) is 94.2 Å². The first-order valence-electron chi connectivity index (χ1n) is 9.71. The Bertz CT molecular complexity index is 1300. The summed E-state index contributed by atoms with van der Waals surface area (Å²) in [5.41, 5.74) is 1.53. The first-order valence-corrected chi connectivity index (χ1v) is 11.2. The number of hydrogen-bond donors (Lipinski definition) is 1. The normalized spacial score (nSPS) is 12.8. The summed E-state index contributed by atoms with van der Waals surface area (Å²) in [5.74, 6) is 1.22. The van der Waals surface area contributed by atoms with Crippen molar-refractivity contribution in [3.05, 3.63) is 65.7 Å². The number of rotatable bonds is 5. The zero-order valence-electron chi connectivity index (χ0n) is 18.0. The molecule has 1 aliphatic rings. The zero-order chi connectivity index (χ0) is 23.0. The van der Waals surface area contributed by atoms with Crippen LogP contribution in [0.3, 0.4) is 0 Å². The molecule has 3 aromatic carbocycles. The van der Waals surface area contributed by atoms with Crippen molar-refractivity contribution < 1.29 is 27.4 Å². The van der Waals surface area contributed by atoms with Crippen molar-refractivity contribution >= 4 is 21.6 Å². The smallest absolute Gasteiger partial charge is 0.259 e. The molecule has 0 radical (unpaired) electrons. The van der Waals surface area contributed by atoms with E-state index in [1.807, 2.05) is 13.0 Å². The number of fused-ring (bicyclic) bond motifs is 2. The standard InChI is InChI=1S/C23H22N2O6S/c1-14-5-10-19-18(11-14)24-23(26)17-12-22(32(27,28)25(2)3)21(13-20(17)31-19)30-16-8-6-15(29-4)7-9-16/h5-13H,1-4H3,(H,24,26). The highest BCUT2D eigenvalue weighted by atomic mass is 32.2. The molecule has 0 aliphatic carbocycles. The van der Waals surface area contributed by atoms with E-state index in [-0.39, 0.29) is 22.0 Å². The van der Waals surface area contributed by atoms with Gasteiger partial charge < -0.3 is 19.5 Å². The molecule has 1 amide bonds. The highest BCUT2D eigenvalue weighted by molar-refractivity contribution is 7.89. The monoisotopic (exact) mass is 454 g/mol. The van der Waals surface area contributed by atoms with E-state index in [2.05, 4.69) is 5.32 Å². The maximum Gasteiger partial charge on any atom is 0.259 e. The Hall–Kier alpha value is -3.56. The summed E-state index contributed by atoms with van der Waals surface area (Å²) in [6, 6.07) is 14.8. The van der Waals surface area contributed by atoms with Crippen molar-refractivity contribution in [1.29, 1.82) is 0 Å². The van der Waals surface area contributed by atoms with E-state index in [1.54, 1.807) is 43.5 Å². The van der Waals surface area contributed by atoms with Gasteiger partial charge in [-0.05, 0) is 55.0 Å². The number of methoxy groups -OCH3 is 1. The average Bonchev–Trinajstić information content (AvgIpc) is 2.88. The van der Waals surface area contributed by atoms with Crippen LogP contribution < -0.4 is 19.5 Å². The lowest BCUT2D eigenvalue weighted by molar-refractivity contribution is 0.102. The van der Waals surface area contributed by atoms with Gasteiger partial charge in [-0.3, -0.25) is 4.79 Å². The number of nitrogens with one attached hydrogen (secondary N) is 1. The van der Waals surface area contributed by atoms with E-state index >= 15 is 0 Å². The van der Waals surface area contributed by atoms with Gasteiger partial charge in [0.15, 0.2) is 11.5 Å². The number of carbonyl (C=O) groups is 1. The molecule has 166 valence electrons. The van der Waals surface area contributed by atoms with Gasteiger partial charge in [0.05, 0.1) is 18.4 Å². The number of anilines is 1. The number of amides is 1.